The van der Waals surface area contributed by atoms with E-state index in [-0.39, 0.29) is 29.0 Å². The van der Waals surface area contributed by atoms with Crippen molar-refractivity contribution in [3.8, 4) is 22.8 Å². The van der Waals surface area contributed by atoms with Crippen molar-refractivity contribution in [2.45, 2.75) is 39.8 Å². The number of halogens is 1. The number of hydrogen-bond donors (Lipinski definition) is 0. The number of benzene rings is 2. The van der Waals surface area contributed by atoms with Gasteiger partial charge in [0, 0.05) is 23.8 Å². The number of methoxy groups -OCH3 is 1. The molecule has 0 N–H and O–H groups in total. The zero-order valence-corrected chi connectivity index (χ0v) is 26.0. The second kappa shape index (κ2) is 12.5. The lowest BCUT2D eigenvalue weighted by Gasteiger charge is -2.25. The zero-order valence-electron chi connectivity index (χ0n) is 24.5. The Kier molecular flexibility index (Phi) is 8.75. The molecule has 1 aliphatic rings. The van der Waals surface area contributed by atoms with Crippen molar-refractivity contribution in [3.05, 3.63) is 106 Å². The number of rotatable bonds is 9. The quantitative estimate of drug-likeness (QED) is 0.135. The van der Waals surface area contributed by atoms with Gasteiger partial charge in [-0.1, -0.05) is 29.0 Å². The summed E-state index contributed by atoms with van der Waals surface area (Å²) in [5.74, 6) is 1.00. The van der Waals surface area contributed by atoms with Crippen LogP contribution in [0.15, 0.2) is 74.0 Å². The monoisotopic (exact) mass is 637 g/mol. The van der Waals surface area contributed by atoms with E-state index >= 15 is 0 Å². The highest BCUT2D eigenvalue weighted by Crippen LogP contribution is 2.37. The van der Waals surface area contributed by atoms with Gasteiger partial charge in [-0.2, -0.15) is 0 Å². The van der Waals surface area contributed by atoms with E-state index < -0.39 is 22.5 Å². The molecule has 1 aliphatic heterocycles. The van der Waals surface area contributed by atoms with Crippen molar-refractivity contribution < 1.29 is 28.3 Å². The van der Waals surface area contributed by atoms with Crippen molar-refractivity contribution >= 4 is 40.7 Å². The molecule has 5 rings (SSSR count). The van der Waals surface area contributed by atoms with Crippen LogP contribution in [0.5, 0.6) is 11.5 Å². The van der Waals surface area contributed by atoms with Crippen LogP contribution in [0.4, 0.5) is 5.69 Å². The number of nitrogens with zero attached hydrogens (tertiary/aromatic N) is 3. The van der Waals surface area contributed by atoms with Crippen molar-refractivity contribution in [1.82, 2.24) is 4.57 Å². The highest BCUT2D eigenvalue weighted by atomic mass is 35.5. The summed E-state index contributed by atoms with van der Waals surface area (Å²) in [5, 5.41) is 11.5. The Hall–Kier alpha value is -4.68. The maximum absolute atomic E-state index is 14.0. The largest absolute Gasteiger partial charge is 0.493 e. The number of esters is 1. The Labute approximate surface area is 260 Å². The molecule has 0 bridgehead atoms. The van der Waals surface area contributed by atoms with Gasteiger partial charge in [-0.25, -0.2) is 9.79 Å². The van der Waals surface area contributed by atoms with Gasteiger partial charge >= 0.3 is 5.97 Å². The maximum Gasteiger partial charge on any atom is 0.338 e. The summed E-state index contributed by atoms with van der Waals surface area (Å²) in [5.41, 5.74) is 1.05. The number of ether oxygens (including phenoxy) is 3. The molecule has 11 nitrogen and oxygen atoms in total. The molecule has 0 fully saturated rings. The number of allylic oxidation sites excluding steroid dienone is 1. The van der Waals surface area contributed by atoms with Crippen LogP contribution in [0, 0.1) is 10.1 Å². The molecule has 2 aromatic carbocycles. The number of thiazole rings is 1. The van der Waals surface area contributed by atoms with Crippen LogP contribution < -0.4 is 24.4 Å². The van der Waals surface area contributed by atoms with Crippen molar-refractivity contribution in [1.29, 1.82) is 0 Å². The Morgan fingerprint density at radius 1 is 1.20 bits per heavy atom. The number of carbonyl (C=O) groups excluding carboxylic acids is 1. The molecule has 13 heteroatoms. The highest BCUT2D eigenvalue weighted by Gasteiger charge is 2.34. The fourth-order valence-electron chi connectivity index (χ4n) is 4.83. The minimum Gasteiger partial charge on any atom is -0.493 e. The van der Waals surface area contributed by atoms with Gasteiger partial charge in [0.05, 0.1) is 51.6 Å². The molecular formula is C31H28ClN3O8S. The van der Waals surface area contributed by atoms with Gasteiger partial charge in [0.2, 0.25) is 0 Å². The maximum atomic E-state index is 14.0. The molecule has 0 saturated heterocycles. The van der Waals surface area contributed by atoms with Crippen LogP contribution in [-0.2, 0) is 9.53 Å². The second-order valence-corrected chi connectivity index (χ2v) is 11.4. The van der Waals surface area contributed by atoms with Crippen LogP contribution in [0.1, 0.15) is 45.1 Å². The van der Waals surface area contributed by atoms with E-state index in [0.29, 0.717) is 49.2 Å². The lowest BCUT2D eigenvalue weighted by atomic mass is 9.95. The summed E-state index contributed by atoms with van der Waals surface area (Å²) in [7, 11) is 1.52. The van der Waals surface area contributed by atoms with Gasteiger partial charge in [0.25, 0.3) is 11.2 Å². The van der Waals surface area contributed by atoms with E-state index in [1.165, 1.54) is 29.9 Å². The molecule has 3 heterocycles. The van der Waals surface area contributed by atoms with E-state index in [1.807, 2.05) is 13.8 Å². The summed E-state index contributed by atoms with van der Waals surface area (Å²) in [4.78, 5) is 42.9. The van der Waals surface area contributed by atoms with Crippen molar-refractivity contribution in [2.24, 2.45) is 4.99 Å². The zero-order chi connectivity index (χ0) is 31.7. The van der Waals surface area contributed by atoms with Crippen LogP contribution in [0.25, 0.3) is 17.4 Å². The number of non-ortho nitro benzene ring substituents is 1. The molecule has 2 aromatic heterocycles. The number of fused-ring (bicyclic) bond motifs is 1. The number of aromatic nitrogens is 1. The van der Waals surface area contributed by atoms with Gasteiger partial charge in [-0.3, -0.25) is 19.5 Å². The van der Waals surface area contributed by atoms with Gasteiger partial charge in [0.1, 0.15) is 11.5 Å². The summed E-state index contributed by atoms with van der Waals surface area (Å²) < 4.78 is 24.5. The Morgan fingerprint density at radius 2 is 1.98 bits per heavy atom. The average molecular weight is 638 g/mol. The van der Waals surface area contributed by atoms with Gasteiger partial charge < -0.3 is 18.6 Å². The third-order valence-electron chi connectivity index (χ3n) is 6.71. The lowest BCUT2D eigenvalue weighted by Crippen LogP contribution is -2.40. The minimum absolute atomic E-state index is 0.0974. The smallest absolute Gasteiger partial charge is 0.338 e. The normalized spacial score (nSPS) is 14.8. The van der Waals surface area contributed by atoms with Crippen LogP contribution in [0.3, 0.4) is 0 Å². The second-order valence-electron chi connectivity index (χ2n) is 10.0. The number of nitro benzene ring substituents is 1. The Balaban J connectivity index is 1.64. The van der Waals surface area contributed by atoms with Crippen LogP contribution in [0.2, 0.25) is 5.02 Å². The molecule has 0 radical (unpaired) electrons. The lowest BCUT2D eigenvalue weighted by molar-refractivity contribution is -0.384. The first-order valence-electron chi connectivity index (χ1n) is 13.6. The average Bonchev–Trinajstić information content (AvgIpc) is 3.56. The highest BCUT2D eigenvalue weighted by molar-refractivity contribution is 7.07. The van der Waals surface area contributed by atoms with Crippen LogP contribution >= 0.6 is 22.9 Å². The first kappa shape index (κ1) is 30.8. The fourth-order valence-corrected chi connectivity index (χ4v) is 6.07. The van der Waals surface area contributed by atoms with Gasteiger partial charge in [-0.15, -0.1) is 0 Å². The summed E-state index contributed by atoms with van der Waals surface area (Å²) in [6.07, 6.45) is 1.46. The van der Waals surface area contributed by atoms with Crippen molar-refractivity contribution in [3.63, 3.8) is 0 Å². The van der Waals surface area contributed by atoms with Gasteiger partial charge in [0.15, 0.2) is 16.3 Å². The molecular weight excluding hydrogens is 610 g/mol. The first-order chi connectivity index (χ1) is 21.0. The number of furan rings is 1. The summed E-state index contributed by atoms with van der Waals surface area (Å²) in [6.45, 7) is 7.35. The predicted octanol–water partition coefficient (Wildman–Crippen LogP) is 5.42. The molecule has 0 amide bonds. The standard InChI is InChI=1S/C31H28ClN3O8S/c1-6-41-30(37)27-17(4)33-31-34(28(27)18-7-11-24(42-16(2)3)25(13-18)40-5)29(36)26(44-31)15-20-9-12-23(43-20)21-14-19(35(38)39)8-10-22(21)32/h7-16,28H,6H2,1-5H3/b26-15-/t28-/m0/s1. The van der Waals surface area contributed by atoms with Crippen LogP contribution in [-0.4, -0.2) is 35.3 Å². The molecule has 0 unspecified atom stereocenters. The molecule has 228 valence electrons. The molecule has 44 heavy (non-hydrogen) atoms. The fraction of sp³-hybridized carbons (Fsp3) is 0.258. The van der Waals surface area contributed by atoms with E-state index in [2.05, 4.69) is 4.99 Å². The topological polar surface area (TPSA) is 135 Å². The van der Waals surface area contributed by atoms with E-state index in [4.69, 9.17) is 30.2 Å². The summed E-state index contributed by atoms with van der Waals surface area (Å²) >= 11 is 7.42. The van der Waals surface area contributed by atoms with Gasteiger partial charge in [-0.05, 0) is 63.6 Å². The van der Waals surface area contributed by atoms with E-state index in [9.17, 15) is 19.7 Å². The number of hydrogen-bond acceptors (Lipinski definition) is 10. The summed E-state index contributed by atoms with van der Waals surface area (Å²) in [6, 6.07) is 11.7. The van der Waals surface area contributed by atoms with E-state index in [1.54, 1.807) is 50.3 Å². The first-order valence-corrected chi connectivity index (χ1v) is 14.8. The predicted molar refractivity (Wildman–Crippen MR) is 165 cm³/mol. The number of nitro groups is 1. The molecule has 4 aromatic rings. The molecule has 0 aliphatic carbocycles. The third-order valence-corrected chi connectivity index (χ3v) is 8.02. The molecule has 0 spiro atoms. The van der Waals surface area contributed by atoms with E-state index in [0.717, 1.165) is 11.3 Å². The third kappa shape index (κ3) is 5.90. The Bertz CT molecular complexity index is 1990. The minimum atomic E-state index is -0.856. The van der Waals surface area contributed by atoms with Crippen molar-refractivity contribution in [2.75, 3.05) is 13.7 Å². The SMILES string of the molecule is CCOC(=O)C1=C(C)N=c2s/c(=C\c3ccc(-c4cc([N+](=O)[O-])ccc4Cl)o3)c(=O)n2[C@H]1c1ccc(OC(C)C)c(OC)c1. The number of carbonyl (C=O) groups is 1. The molecule has 1 atom stereocenters. The molecule has 0 saturated carbocycles. The Morgan fingerprint density at radius 3 is 2.66 bits per heavy atom.